The number of anilines is 1. The summed E-state index contributed by atoms with van der Waals surface area (Å²) >= 11 is 11.7. The molecule has 17 heavy (non-hydrogen) atoms. The van der Waals surface area contributed by atoms with Gasteiger partial charge < -0.3 is 10.5 Å². The summed E-state index contributed by atoms with van der Waals surface area (Å²) in [6.07, 6.45) is 0. The van der Waals surface area contributed by atoms with Gasteiger partial charge >= 0.3 is 0 Å². The van der Waals surface area contributed by atoms with Gasteiger partial charge in [-0.1, -0.05) is 23.2 Å². The number of halogens is 2. The molecule has 0 radical (unpaired) electrons. The minimum absolute atomic E-state index is 0.432. The van der Waals surface area contributed by atoms with Gasteiger partial charge in [0, 0.05) is 13.1 Å². The highest BCUT2D eigenvalue weighted by atomic mass is 35.5. The molecule has 4 nitrogen and oxygen atoms in total. The summed E-state index contributed by atoms with van der Waals surface area (Å²) in [5, 5.41) is 5.07. The maximum Gasteiger partial charge on any atom is 0.241 e. The number of aryl methyl sites for hydroxylation is 2. The molecule has 0 bridgehead atoms. The zero-order chi connectivity index (χ0) is 12.6. The lowest BCUT2D eigenvalue weighted by Crippen LogP contribution is -1.97. The first-order chi connectivity index (χ1) is 7.99. The van der Waals surface area contributed by atoms with Crippen molar-refractivity contribution in [2.45, 2.75) is 6.92 Å². The lowest BCUT2D eigenvalue weighted by Gasteiger charge is -2.07. The van der Waals surface area contributed by atoms with E-state index in [2.05, 4.69) is 5.10 Å². The summed E-state index contributed by atoms with van der Waals surface area (Å²) in [6.45, 7) is 1.82. The first-order valence-corrected chi connectivity index (χ1v) is 5.66. The third kappa shape index (κ3) is 2.33. The quantitative estimate of drug-likeness (QED) is 0.911. The summed E-state index contributed by atoms with van der Waals surface area (Å²) in [4.78, 5) is 0. The van der Waals surface area contributed by atoms with Crippen LogP contribution in [0.3, 0.4) is 0 Å². The lowest BCUT2D eigenvalue weighted by molar-refractivity contribution is 0.432. The smallest absolute Gasteiger partial charge is 0.241 e. The number of nitrogen functional groups attached to an aromatic ring is 1. The topological polar surface area (TPSA) is 53.1 Å². The van der Waals surface area contributed by atoms with E-state index in [0.717, 1.165) is 5.69 Å². The molecule has 2 aromatic rings. The van der Waals surface area contributed by atoms with E-state index in [9.17, 15) is 0 Å². The van der Waals surface area contributed by atoms with Crippen molar-refractivity contribution in [2.75, 3.05) is 5.73 Å². The molecule has 0 atom stereocenters. The molecule has 0 unspecified atom stereocenters. The summed E-state index contributed by atoms with van der Waals surface area (Å²) in [6, 6.07) is 5.01. The molecule has 2 N–H and O–H groups in total. The average molecular weight is 272 g/mol. The fraction of sp³-hybridized carbons (Fsp3) is 0.182. The highest BCUT2D eigenvalue weighted by Gasteiger charge is 2.12. The fourth-order valence-corrected chi connectivity index (χ4v) is 1.71. The molecule has 1 aromatic heterocycles. The highest BCUT2D eigenvalue weighted by molar-refractivity contribution is 6.42. The van der Waals surface area contributed by atoms with Crippen LogP contribution >= 0.6 is 23.2 Å². The molecule has 0 aliphatic rings. The molecule has 0 aliphatic carbocycles. The standard InChI is InChI=1S/C11H11Cl2N3O/c1-6-10(14)11(16(2)15-6)17-7-3-4-8(12)9(13)5-7/h3-5H,14H2,1-2H3. The monoisotopic (exact) mass is 271 g/mol. The van der Waals surface area contributed by atoms with Crippen molar-refractivity contribution in [1.29, 1.82) is 0 Å². The Bertz CT molecular complexity index is 566. The number of hydrogen-bond acceptors (Lipinski definition) is 3. The zero-order valence-electron chi connectivity index (χ0n) is 9.37. The Morgan fingerprint density at radius 2 is 2.00 bits per heavy atom. The van der Waals surface area contributed by atoms with Gasteiger partial charge in [0.1, 0.15) is 11.4 Å². The molecular formula is C11H11Cl2N3O. The van der Waals surface area contributed by atoms with Crippen LogP contribution in [-0.4, -0.2) is 9.78 Å². The zero-order valence-corrected chi connectivity index (χ0v) is 10.9. The lowest BCUT2D eigenvalue weighted by atomic mass is 10.3. The van der Waals surface area contributed by atoms with Crippen LogP contribution in [0.4, 0.5) is 5.69 Å². The molecule has 1 aromatic carbocycles. The number of nitrogens with two attached hydrogens (primary N) is 1. The number of nitrogens with zero attached hydrogens (tertiary/aromatic N) is 2. The maximum absolute atomic E-state index is 5.90. The first-order valence-electron chi connectivity index (χ1n) is 4.91. The van der Waals surface area contributed by atoms with Gasteiger partial charge in [-0.15, -0.1) is 0 Å². The summed E-state index contributed by atoms with van der Waals surface area (Å²) in [5.74, 6) is 1.05. The summed E-state index contributed by atoms with van der Waals surface area (Å²) in [7, 11) is 1.76. The molecule has 2 rings (SSSR count). The van der Waals surface area contributed by atoms with E-state index in [1.807, 2.05) is 6.92 Å². The first kappa shape index (κ1) is 12.1. The van der Waals surface area contributed by atoms with Gasteiger partial charge in [-0.3, -0.25) is 0 Å². The molecule has 1 heterocycles. The molecular weight excluding hydrogens is 261 g/mol. The molecule has 90 valence electrons. The Labute approximate surface area is 109 Å². The predicted octanol–water partition coefficient (Wildman–Crippen LogP) is 3.41. The van der Waals surface area contributed by atoms with Crippen molar-refractivity contribution in [1.82, 2.24) is 9.78 Å². The van der Waals surface area contributed by atoms with Crippen molar-refractivity contribution < 1.29 is 4.74 Å². The third-order valence-corrected chi connectivity index (χ3v) is 3.06. The van der Waals surface area contributed by atoms with Crippen LogP contribution < -0.4 is 10.5 Å². The molecule has 0 saturated heterocycles. The number of hydrogen-bond donors (Lipinski definition) is 1. The van der Waals surface area contributed by atoms with Gasteiger partial charge in [-0.2, -0.15) is 5.10 Å². The molecule has 0 saturated carbocycles. The predicted molar refractivity (Wildman–Crippen MR) is 68.9 cm³/mol. The summed E-state index contributed by atoms with van der Waals surface area (Å²) in [5.41, 5.74) is 7.09. The van der Waals surface area contributed by atoms with E-state index < -0.39 is 0 Å². The van der Waals surface area contributed by atoms with E-state index in [4.69, 9.17) is 33.7 Å². The van der Waals surface area contributed by atoms with E-state index in [1.165, 1.54) is 0 Å². The minimum Gasteiger partial charge on any atom is -0.437 e. The van der Waals surface area contributed by atoms with Gasteiger partial charge in [-0.25, -0.2) is 4.68 Å². The molecule has 6 heteroatoms. The molecule has 0 aliphatic heterocycles. The fourth-order valence-electron chi connectivity index (χ4n) is 1.43. The molecule has 0 spiro atoms. The van der Waals surface area contributed by atoms with Crippen LogP contribution in [0.1, 0.15) is 5.69 Å². The van der Waals surface area contributed by atoms with Gasteiger partial charge in [0.25, 0.3) is 0 Å². The number of ether oxygens (including phenoxy) is 1. The highest BCUT2D eigenvalue weighted by Crippen LogP contribution is 2.32. The second-order valence-corrected chi connectivity index (χ2v) is 4.42. The van der Waals surface area contributed by atoms with Crippen molar-refractivity contribution >= 4 is 28.9 Å². The van der Waals surface area contributed by atoms with Crippen LogP contribution in [0.2, 0.25) is 10.0 Å². The van der Waals surface area contributed by atoms with Crippen LogP contribution in [0.25, 0.3) is 0 Å². The van der Waals surface area contributed by atoms with Gasteiger partial charge in [-0.05, 0) is 19.1 Å². The Kier molecular flexibility index (Phi) is 3.17. The molecule has 0 amide bonds. The second kappa shape index (κ2) is 4.47. The maximum atomic E-state index is 5.90. The number of aromatic nitrogens is 2. The molecule has 0 fully saturated rings. The normalized spacial score (nSPS) is 10.6. The minimum atomic E-state index is 0.432. The van der Waals surface area contributed by atoms with Crippen molar-refractivity contribution in [3.8, 4) is 11.6 Å². The average Bonchev–Trinajstić information content (AvgIpc) is 2.50. The van der Waals surface area contributed by atoms with E-state index in [-0.39, 0.29) is 0 Å². The van der Waals surface area contributed by atoms with Gasteiger partial charge in [0.05, 0.1) is 15.7 Å². The SMILES string of the molecule is Cc1nn(C)c(Oc2ccc(Cl)c(Cl)c2)c1N. The number of benzene rings is 1. The van der Waals surface area contributed by atoms with Crippen molar-refractivity contribution in [3.05, 3.63) is 33.9 Å². The van der Waals surface area contributed by atoms with Crippen LogP contribution in [0, 0.1) is 6.92 Å². The van der Waals surface area contributed by atoms with Crippen LogP contribution in [0.5, 0.6) is 11.6 Å². The van der Waals surface area contributed by atoms with E-state index in [1.54, 1.807) is 29.9 Å². The van der Waals surface area contributed by atoms with Gasteiger partial charge in [0.2, 0.25) is 5.88 Å². The van der Waals surface area contributed by atoms with E-state index >= 15 is 0 Å². The third-order valence-electron chi connectivity index (χ3n) is 2.32. The second-order valence-electron chi connectivity index (χ2n) is 3.61. The van der Waals surface area contributed by atoms with Crippen LogP contribution in [-0.2, 0) is 7.05 Å². The Balaban J connectivity index is 2.34. The number of rotatable bonds is 2. The Morgan fingerprint density at radius 1 is 1.29 bits per heavy atom. The Morgan fingerprint density at radius 3 is 2.53 bits per heavy atom. The van der Waals surface area contributed by atoms with Crippen molar-refractivity contribution in [2.24, 2.45) is 7.05 Å². The largest absolute Gasteiger partial charge is 0.437 e. The Hall–Kier alpha value is -1.39. The van der Waals surface area contributed by atoms with Gasteiger partial charge in [0.15, 0.2) is 0 Å². The van der Waals surface area contributed by atoms with Crippen molar-refractivity contribution in [3.63, 3.8) is 0 Å². The van der Waals surface area contributed by atoms with E-state index in [0.29, 0.717) is 27.4 Å². The van der Waals surface area contributed by atoms with Crippen LogP contribution in [0.15, 0.2) is 18.2 Å². The summed E-state index contributed by atoms with van der Waals surface area (Å²) < 4.78 is 7.21.